The summed E-state index contributed by atoms with van der Waals surface area (Å²) in [7, 11) is 0. The minimum Gasteiger partial charge on any atom is -0.343 e. The molecule has 1 saturated heterocycles. The van der Waals surface area contributed by atoms with E-state index in [2.05, 4.69) is 5.32 Å². The van der Waals surface area contributed by atoms with Crippen LogP contribution in [0.4, 0.5) is 5.69 Å². The highest BCUT2D eigenvalue weighted by atomic mass is 16.2. The van der Waals surface area contributed by atoms with Gasteiger partial charge in [-0.3, -0.25) is 9.59 Å². The SMILES string of the molecule is C[C@H]1C[C@H](NC(=O)C(C)(C)C#N)C(=O)N1c1ccccc1. The van der Waals surface area contributed by atoms with Crippen molar-refractivity contribution < 1.29 is 9.59 Å². The maximum atomic E-state index is 12.5. The maximum Gasteiger partial charge on any atom is 0.249 e. The highest BCUT2D eigenvalue weighted by Crippen LogP contribution is 2.27. The Kier molecular flexibility index (Phi) is 3.99. The number of carbonyl (C=O) groups is 2. The molecular weight excluding hydrogens is 266 g/mol. The highest BCUT2D eigenvalue weighted by Gasteiger charge is 2.40. The van der Waals surface area contributed by atoms with Crippen LogP contribution in [0.2, 0.25) is 0 Å². The Morgan fingerprint density at radius 2 is 2.00 bits per heavy atom. The molecular formula is C16H19N3O2. The van der Waals surface area contributed by atoms with E-state index in [0.717, 1.165) is 5.69 Å². The second kappa shape index (κ2) is 5.57. The van der Waals surface area contributed by atoms with Gasteiger partial charge < -0.3 is 10.2 Å². The minimum absolute atomic E-state index is 0.00963. The first-order valence-electron chi connectivity index (χ1n) is 6.97. The predicted octanol–water partition coefficient (Wildman–Crippen LogP) is 1.85. The van der Waals surface area contributed by atoms with Crippen LogP contribution in [0.3, 0.4) is 0 Å². The quantitative estimate of drug-likeness (QED) is 0.921. The van der Waals surface area contributed by atoms with E-state index < -0.39 is 17.4 Å². The lowest BCUT2D eigenvalue weighted by molar-refractivity contribution is -0.130. The Morgan fingerprint density at radius 3 is 2.57 bits per heavy atom. The minimum atomic E-state index is -1.14. The third-order valence-corrected chi connectivity index (χ3v) is 3.74. The van der Waals surface area contributed by atoms with E-state index in [1.54, 1.807) is 18.7 Å². The van der Waals surface area contributed by atoms with Gasteiger partial charge in [-0.1, -0.05) is 18.2 Å². The molecule has 1 fully saturated rings. The molecule has 1 N–H and O–H groups in total. The fourth-order valence-electron chi connectivity index (χ4n) is 2.41. The van der Waals surface area contributed by atoms with Crippen LogP contribution in [0.25, 0.3) is 0 Å². The van der Waals surface area contributed by atoms with Gasteiger partial charge in [0.2, 0.25) is 11.8 Å². The van der Waals surface area contributed by atoms with Gasteiger partial charge in [0.05, 0.1) is 6.07 Å². The summed E-state index contributed by atoms with van der Waals surface area (Å²) >= 11 is 0. The van der Waals surface area contributed by atoms with Crippen LogP contribution < -0.4 is 10.2 Å². The fourth-order valence-corrected chi connectivity index (χ4v) is 2.41. The number of hydrogen-bond acceptors (Lipinski definition) is 3. The second-order valence-electron chi connectivity index (χ2n) is 5.89. The molecule has 0 unspecified atom stereocenters. The smallest absolute Gasteiger partial charge is 0.249 e. The predicted molar refractivity (Wildman–Crippen MR) is 79.3 cm³/mol. The number of nitrogens with zero attached hydrogens (tertiary/aromatic N) is 2. The summed E-state index contributed by atoms with van der Waals surface area (Å²) in [4.78, 5) is 26.2. The lowest BCUT2D eigenvalue weighted by atomic mass is 9.94. The standard InChI is InChI=1S/C16H19N3O2/c1-11-9-13(18-15(21)16(2,3)10-17)14(20)19(11)12-7-5-4-6-8-12/h4-8,11,13H,9H2,1-3H3,(H,18,21)/t11-,13-/m0/s1. The summed E-state index contributed by atoms with van der Waals surface area (Å²) in [5, 5.41) is 11.7. The van der Waals surface area contributed by atoms with Crippen LogP contribution in [0.5, 0.6) is 0 Å². The Morgan fingerprint density at radius 1 is 1.38 bits per heavy atom. The van der Waals surface area contributed by atoms with E-state index in [1.165, 1.54) is 0 Å². The van der Waals surface area contributed by atoms with Crippen LogP contribution in [-0.2, 0) is 9.59 Å². The van der Waals surface area contributed by atoms with Crippen molar-refractivity contribution >= 4 is 17.5 Å². The molecule has 1 aromatic rings. The zero-order valence-corrected chi connectivity index (χ0v) is 12.5. The number of nitriles is 1. The van der Waals surface area contributed by atoms with E-state index in [4.69, 9.17) is 5.26 Å². The normalized spacial score (nSPS) is 22.0. The van der Waals surface area contributed by atoms with Crippen LogP contribution >= 0.6 is 0 Å². The maximum absolute atomic E-state index is 12.5. The molecule has 5 nitrogen and oxygen atoms in total. The molecule has 21 heavy (non-hydrogen) atoms. The molecule has 0 radical (unpaired) electrons. The van der Waals surface area contributed by atoms with Crippen LogP contribution in [0, 0.1) is 16.7 Å². The van der Waals surface area contributed by atoms with E-state index >= 15 is 0 Å². The van der Waals surface area contributed by atoms with Crippen molar-refractivity contribution in [2.45, 2.75) is 39.3 Å². The van der Waals surface area contributed by atoms with Crippen molar-refractivity contribution in [1.82, 2.24) is 5.32 Å². The van der Waals surface area contributed by atoms with E-state index in [-0.39, 0.29) is 11.9 Å². The Bertz CT molecular complexity index is 589. The Balaban J connectivity index is 2.14. The summed E-state index contributed by atoms with van der Waals surface area (Å²) in [5.41, 5.74) is -0.310. The van der Waals surface area contributed by atoms with Crippen LogP contribution in [-0.4, -0.2) is 23.9 Å². The largest absolute Gasteiger partial charge is 0.343 e. The number of hydrogen-bond donors (Lipinski definition) is 1. The number of benzene rings is 1. The number of amides is 2. The molecule has 0 spiro atoms. The third-order valence-electron chi connectivity index (χ3n) is 3.74. The Hall–Kier alpha value is -2.35. The lowest BCUT2D eigenvalue weighted by Crippen LogP contribution is -2.46. The number of para-hydroxylation sites is 1. The molecule has 2 rings (SSSR count). The van der Waals surface area contributed by atoms with Crippen molar-refractivity contribution in [2.24, 2.45) is 5.41 Å². The number of rotatable bonds is 3. The first-order chi connectivity index (χ1) is 9.86. The molecule has 0 bridgehead atoms. The van der Waals surface area contributed by atoms with Crippen LogP contribution in [0.15, 0.2) is 30.3 Å². The number of anilines is 1. The van der Waals surface area contributed by atoms with E-state index in [1.807, 2.05) is 43.3 Å². The van der Waals surface area contributed by atoms with Gasteiger partial charge in [0.15, 0.2) is 0 Å². The monoisotopic (exact) mass is 285 g/mol. The fraction of sp³-hybridized carbons (Fsp3) is 0.438. The topological polar surface area (TPSA) is 73.2 Å². The average molecular weight is 285 g/mol. The van der Waals surface area contributed by atoms with Crippen molar-refractivity contribution in [3.8, 4) is 6.07 Å². The van der Waals surface area contributed by atoms with Crippen molar-refractivity contribution in [3.63, 3.8) is 0 Å². The van der Waals surface area contributed by atoms with E-state index in [9.17, 15) is 9.59 Å². The first-order valence-corrected chi connectivity index (χ1v) is 6.97. The summed E-state index contributed by atoms with van der Waals surface area (Å²) in [6, 6.07) is 10.8. The lowest BCUT2D eigenvalue weighted by Gasteiger charge is -2.22. The molecule has 1 aliphatic rings. The summed E-state index contributed by atoms with van der Waals surface area (Å²) in [6.45, 7) is 5.03. The van der Waals surface area contributed by atoms with Crippen molar-refractivity contribution in [3.05, 3.63) is 30.3 Å². The average Bonchev–Trinajstić information content (AvgIpc) is 2.74. The molecule has 110 valence electrons. The van der Waals surface area contributed by atoms with Gasteiger partial charge in [-0.15, -0.1) is 0 Å². The summed E-state index contributed by atoms with van der Waals surface area (Å²) in [6.07, 6.45) is 0.543. The molecule has 1 heterocycles. The molecule has 1 aliphatic heterocycles. The molecule has 0 aromatic heterocycles. The van der Waals surface area contributed by atoms with Crippen LogP contribution in [0.1, 0.15) is 27.2 Å². The Labute approximate surface area is 124 Å². The molecule has 2 amide bonds. The molecule has 0 aliphatic carbocycles. The molecule has 2 atom stereocenters. The van der Waals surface area contributed by atoms with Gasteiger partial charge in [0.25, 0.3) is 0 Å². The highest BCUT2D eigenvalue weighted by molar-refractivity contribution is 6.02. The number of nitrogens with one attached hydrogen (secondary N) is 1. The van der Waals surface area contributed by atoms with Gasteiger partial charge in [-0.05, 0) is 39.3 Å². The summed E-state index contributed by atoms with van der Waals surface area (Å²) < 4.78 is 0. The van der Waals surface area contributed by atoms with Gasteiger partial charge in [0, 0.05) is 11.7 Å². The second-order valence-corrected chi connectivity index (χ2v) is 5.89. The molecule has 5 heteroatoms. The zero-order valence-electron chi connectivity index (χ0n) is 12.5. The number of carbonyl (C=O) groups excluding carboxylic acids is 2. The van der Waals surface area contributed by atoms with Crippen molar-refractivity contribution in [2.75, 3.05) is 4.90 Å². The van der Waals surface area contributed by atoms with Gasteiger partial charge in [-0.2, -0.15) is 5.26 Å². The summed E-state index contributed by atoms with van der Waals surface area (Å²) in [5.74, 6) is -0.541. The van der Waals surface area contributed by atoms with Gasteiger partial charge >= 0.3 is 0 Å². The molecule has 0 saturated carbocycles. The van der Waals surface area contributed by atoms with Gasteiger partial charge in [-0.25, -0.2) is 0 Å². The first kappa shape index (κ1) is 15.0. The van der Waals surface area contributed by atoms with Gasteiger partial charge in [0.1, 0.15) is 11.5 Å². The van der Waals surface area contributed by atoms with E-state index in [0.29, 0.717) is 6.42 Å². The zero-order chi connectivity index (χ0) is 15.6. The third kappa shape index (κ3) is 2.89. The van der Waals surface area contributed by atoms with Crippen molar-refractivity contribution in [1.29, 1.82) is 5.26 Å². The molecule has 1 aromatic carbocycles.